The summed E-state index contributed by atoms with van der Waals surface area (Å²) in [5, 5.41) is 3.47. The fourth-order valence-corrected chi connectivity index (χ4v) is 7.01. The molecule has 8 nitrogen and oxygen atoms in total. The summed E-state index contributed by atoms with van der Waals surface area (Å²) in [6.07, 6.45) is 0.216. The molecule has 5 rings (SSSR count). The van der Waals surface area contributed by atoms with E-state index in [9.17, 15) is 18.0 Å². The fourth-order valence-electron chi connectivity index (χ4n) is 5.36. The Labute approximate surface area is 299 Å². The Morgan fingerprint density at radius 2 is 1.32 bits per heavy atom. The molecule has 0 aliphatic carbocycles. The number of sulfonamides is 1. The number of hydrogen-bond donors (Lipinski definition) is 1. The number of benzene rings is 5. The Balaban J connectivity index is 1.54. The van der Waals surface area contributed by atoms with E-state index in [1.165, 1.54) is 17.0 Å². The van der Waals surface area contributed by atoms with Gasteiger partial charge in [-0.15, -0.1) is 0 Å². The summed E-state index contributed by atoms with van der Waals surface area (Å²) in [4.78, 5) is 30.1. The van der Waals surface area contributed by atoms with Crippen LogP contribution < -0.4 is 14.4 Å². The van der Waals surface area contributed by atoms with Crippen LogP contribution in [0.1, 0.15) is 25.0 Å². The largest absolute Gasteiger partial charge is 0.457 e. The lowest BCUT2D eigenvalue weighted by Gasteiger charge is -2.34. The van der Waals surface area contributed by atoms with Crippen molar-refractivity contribution in [1.29, 1.82) is 0 Å². The zero-order valence-electron chi connectivity index (χ0n) is 28.0. The van der Waals surface area contributed by atoms with E-state index >= 15 is 0 Å². The Bertz CT molecular complexity index is 1960. The van der Waals surface area contributed by atoms with Gasteiger partial charge in [0.25, 0.3) is 10.0 Å². The minimum atomic E-state index is -4.24. The van der Waals surface area contributed by atoms with Crippen LogP contribution in [0.5, 0.6) is 11.5 Å². The van der Waals surface area contributed by atoms with Crippen molar-refractivity contribution in [2.45, 2.75) is 37.8 Å². The van der Waals surface area contributed by atoms with Gasteiger partial charge in [-0.25, -0.2) is 8.42 Å². The molecular formula is C40H40ClN3O5S. The Hall–Kier alpha value is -5.12. The third-order valence-corrected chi connectivity index (χ3v) is 9.93. The van der Waals surface area contributed by atoms with Gasteiger partial charge in [0.1, 0.15) is 24.1 Å². The summed E-state index contributed by atoms with van der Waals surface area (Å²) in [7, 11) is -4.24. The van der Waals surface area contributed by atoms with Crippen LogP contribution in [0.15, 0.2) is 144 Å². The number of ether oxygens (including phenoxy) is 1. The molecule has 2 amide bonds. The van der Waals surface area contributed by atoms with E-state index in [0.29, 0.717) is 28.6 Å². The zero-order valence-corrected chi connectivity index (χ0v) is 29.6. The first-order chi connectivity index (χ1) is 24.1. The molecule has 0 saturated heterocycles. The minimum Gasteiger partial charge on any atom is -0.457 e. The van der Waals surface area contributed by atoms with Crippen LogP contribution in [0.4, 0.5) is 5.69 Å². The Morgan fingerprint density at radius 1 is 0.740 bits per heavy atom. The van der Waals surface area contributed by atoms with Crippen molar-refractivity contribution in [2.75, 3.05) is 17.4 Å². The lowest BCUT2D eigenvalue weighted by Crippen LogP contribution is -2.53. The first-order valence-electron chi connectivity index (χ1n) is 16.4. The van der Waals surface area contributed by atoms with Gasteiger partial charge in [0.2, 0.25) is 11.8 Å². The number of rotatable bonds is 15. The SMILES string of the molecule is CC(C)CNC(=O)[C@H](Cc1ccccc1)N(Cc1cccc(Cl)c1)C(=O)CN(c1ccc(Oc2ccccc2)cc1)S(=O)(=O)c1ccccc1. The predicted molar refractivity (Wildman–Crippen MR) is 198 cm³/mol. The van der Waals surface area contributed by atoms with Crippen LogP contribution >= 0.6 is 11.6 Å². The summed E-state index contributed by atoms with van der Waals surface area (Å²) >= 11 is 6.34. The molecule has 0 heterocycles. The highest BCUT2D eigenvalue weighted by atomic mass is 35.5. The third-order valence-electron chi connectivity index (χ3n) is 7.91. The standard InChI is InChI=1S/C40H40ClN3O5S/c1-30(2)27-42-40(46)38(26-31-13-6-3-7-14-31)43(28-32-15-12-16-33(41)25-32)39(45)29-44(50(47,48)37-19-10-5-11-20-37)34-21-23-36(24-22-34)49-35-17-8-4-9-18-35/h3-25,30,38H,26-29H2,1-2H3,(H,42,46)/t38-/m0/s1. The van der Waals surface area contributed by atoms with Crippen molar-refractivity contribution in [1.82, 2.24) is 10.2 Å². The number of carbonyl (C=O) groups is 2. The van der Waals surface area contributed by atoms with Gasteiger partial charge in [-0.05, 0) is 77.7 Å². The summed E-state index contributed by atoms with van der Waals surface area (Å²) in [6, 6.07) is 39.2. The molecule has 1 N–H and O–H groups in total. The number of carbonyl (C=O) groups excluding carboxylic acids is 2. The molecule has 0 fully saturated rings. The van der Waals surface area contributed by atoms with Crippen molar-refractivity contribution in [3.8, 4) is 11.5 Å². The fraction of sp³-hybridized carbons (Fsp3) is 0.200. The van der Waals surface area contributed by atoms with Crippen LogP contribution in [0.2, 0.25) is 5.02 Å². The number of nitrogens with one attached hydrogen (secondary N) is 1. The second-order valence-electron chi connectivity index (χ2n) is 12.2. The van der Waals surface area contributed by atoms with Crippen molar-refractivity contribution >= 4 is 39.1 Å². The molecule has 5 aromatic rings. The van der Waals surface area contributed by atoms with Crippen molar-refractivity contribution < 1.29 is 22.7 Å². The van der Waals surface area contributed by atoms with Gasteiger partial charge in [-0.1, -0.05) is 104 Å². The lowest BCUT2D eigenvalue weighted by molar-refractivity contribution is -0.140. The summed E-state index contributed by atoms with van der Waals surface area (Å²) in [5.41, 5.74) is 1.80. The van der Waals surface area contributed by atoms with Crippen LogP contribution in [-0.2, 0) is 32.6 Å². The third kappa shape index (κ3) is 9.74. The molecule has 0 aliphatic rings. The van der Waals surface area contributed by atoms with Gasteiger partial charge in [0, 0.05) is 24.5 Å². The van der Waals surface area contributed by atoms with E-state index in [2.05, 4.69) is 5.32 Å². The normalized spacial score (nSPS) is 11.8. The van der Waals surface area contributed by atoms with E-state index in [1.807, 2.05) is 80.6 Å². The van der Waals surface area contributed by atoms with Crippen molar-refractivity contribution in [3.05, 3.63) is 156 Å². The average molecular weight is 710 g/mol. The zero-order chi connectivity index (χ0) is 35.5. The van der Waals surface area contributed by atoms with Gasteiger partial charge >= 0.3 is 0 Å². The number of hydrogen-bond acceptors (Lipinski definition) is 5. The van der Waals surface area contributed by atoms with Gasteiger partial charge in [-0.3, -0.25) is 13.9 Å². The molecule has 5 aromatic carbocycles. The predicted octanol–water partition coefficient (Wildman–Crippen LogP) is 7.74. The molecule has 50 heavy (non-hydrogen) atoms. The number of anilines is 1. The lowest BCUT2D eigenvalue weighted by atomic mass is 10.0. The second-order valence-corrected chi connectivity index (χ2v) is 14.5. The van der Waals surface area contributed by atoms with E-state index in [-0.39, 0.29) is 35.4 Å². The molecular weight excluding hydrogens is 670 g/mol. The first-order valence-corrected chi connectivity index (χ1v) is 18.2. The maximum absolute atomic E-state index is 14.7. The number of amides is 2. The number of halogens is 1. The van der Waals surface area contributed by atoms with Crippen LogP contribution in [0, 0.1) is 5.92 Å². The molecule has 0 bridgehead atoms. The van der Waals surface area contributed by atoms with E-state index in [1.54, 1.807) is 60.7 Å². The number of para-hydroxylation sites is 1. The van der Waals surface area contributed by atoms with E-state index in [4.69, 9.17) is 16.3 Å². The van der Waals surface area contributed by atoms with E-state index < -0.39 is 28.5 Å². The highest BCUT2D eigenvalue weighted by molar-refractivity contribution is 7.92. The number of nitrogens with zero attached hydrogens (tertiary/aromatic N) is 2. The van der Waals surface area contributed by atoms with Crippen molar-refractivity contribution in [3.63, 3.8) is 0 Å². The quantitative estimate of drug-likeness (QED) is 0.120. The molecule has 0 aromatic heterocycles. The van der Waals surface area contributed by atoms with Gasteiger partial charge in [-0.2, -0.15) is 0 Å². The van der Waals surface area contributed by atoms with Crippen LogP contribution in [-0.4, -0.2) is 44.3 Å². The maximum atomic E-state index is 14.7. The van der Waals surface area contributed by atoms with Gasteiger partial charge < -0.3 is 15.0 Å². The molecule has 0 saturated carbocycles. The summed E-state index contributed by atoms with van der Waals surface area (Å²) < 4.78 is 35.5. The highest BCUT2D eigenvalue weighted by Crippen LogP contribution is 2.29. The molecule has 10 heteroatoms. The molecule has 1 atom stereocenters. The monoisotopic (exact) mass is 709 g/mol. The van der Waals surface area contributed by atoms with Crippen LogP contribution in [0.25, 0.3) is 0 Å². The topological polar surface area (TPSA) is 96.0 Å². The molecule has 0 spiro atoms. The molecule has 258 valence electrons. The van der Waals surface area contributed by atoms with E-state index in [0.717, 1.165) is 9.87 Å². The maximum Gasteiger partial charge on any atom is 0.264 e. The molecule has 0 aliphatic heterocycles. The van der Waals surface area contributed by atoms with Gasteiger partial charge in [0.15, 0.2) is 0 Å². The Morgan fingerprint density at radius 3 is 1.94 bits per heavy atom. The summed E-state index contributed by atoms with van der Waals surface area (Å²) in [5.74, 6) is 0.401. The first kappa shape index (κ1) is 36.2. The second kappa shape index (κ2) is 17.0. The minimum absolute atomic E-state index is 0.0225. The Kier molecular flexibility index (Phi) is 12.3. The smallest absolute Gasteiger partial charge is 0.264 e. The average Bonchev–Trinajstić information content (AvgIpc) is 3.12. The summed E-state index contributed by atoms with van der Waals surface area (Å²) in [6.45, 7) is 3.84. The van der Waals surface area contributed by atoms with Crippen molar-refractivity contribution in [2.24, 2.45) is 5.92 Å². The molecule has 0 unspecified atom stereocenters. The molecule has 0 radical (unpaired) electrons. The van der Waals surface area contributed by atoms with Crippen LogP contribution in [0.3, 0.4) is 0 Å². The van der Waals surface area contributed by atoms with Gasteiger partial charge in [0.05, 0.1) is 10.6 Å². The highest BCUT2D eigenvalue weighted by Gasteiger charge is 2.34.